The summed E-state index contributed by atoms with van der Waals surface area (Å²) < 4.78 is 16.1. The van der Waals surface area contributed by atoms with Crippen molar-refractivity contribution >= 4 is 29.9 Å². The number of hydrogen-bond acceptors (Lipinski definition) is 5. The lowest BCUT2D eigenvalue weighted by molar-refractivity contribution is 0.0888. The lowest BCUT2D eigenvalue weighted by Gasteiger charge is -2.18. The molecule has 1 fully saturated rings. The zero-order valence-electron chi connectivity index (χ0n) is 16.1. The molecule has 1 rings (SSSR count). The van der Waals surface area contributed by atoms with Crippen molar-refractivity contribution in [3.8, 4) is 0 Å². The van der Waals surface area contributed by atoms with E-state index in [1.165, 1.54) is 0 Å². The number of hydrogen-bond donors (Lipinski definition) is 2. The summed E-state index contributed by atoms with van der Waals surface area (Å²) >= 11 is 0. The van der Waals surface area contributed by atoms with E-state index in [0.29, 0.717) is 5.92 Å². The molecular weight excluding hydrogens is 435 g/mol. The second-order valence-corrected chi connectivity index (χ2v) is 6.23. The second kappa shape index (κ2) is 17.3. The molecule has 0 spiro atoms. The Morgan fingerprint density at radius 2 is 2.00 bits per heavy atom. The van der Waals surface area contributed by atoms with Gasteiger partial charge in [-0.15, -0.1) is 24.0 Å². The zero-order chi connectivity index (χ0) is 17.5. The van der Waals surface area contributed by atoms with E-state index < -0.39 is 0 Å². The summed E-state index contributed by atoms with van der Waals surface area (Å²) in [4.78, 5) is 6.53. The van der Waals surface area contributed by atoms with Gasteiger partial charge in [-0.3, -0.25) is 4.99 Å². The van der Waals surface area contributed by atoms with Crippen LogP contribution in [0.1, 0.15) is 19.3 Å². The van der Waals surface area contributed by atoms with Gasteiger partial charge in [0.25, 0.3) is 0 Å². The molecule has 1 aliphatic rings. The van der Waals surface area contributed by atoms with Gasteiger partial charge in [0, 0.05) is 66.1 Å². The van der Waals surface area contributed by atoms with Gasteiger partial charge in [0.1, 0.15) is 0 Å². The topological polar surface area (TPSA) is 67.4 Å². The molecule has 1 aliphatic heterocycles. The summed E-state index contributed by atoms with van der Waals surface area (Å²) in [5.74, 6) is 1.44. The first-order chi connectivity index (χ1) is 11.8. The van der Waals surface area contributed by atoms with Gasteiger partial charge in [-0.2, -0.15) is 0 Å². The normalized spacial score (nSPS) is 17.6. The molecule has 0 aliphatic carbocycles. The van der Waals surface area contributed by atoms with E-state index in [0.717, 1.165) is 84.4 Å². The highest BCUT2D eigenvalue weighted by Gasteiger charge is 2.15. The Labute approximate surface area is 170 Å². The third-order valence-corrected chi connectivity index (χ3v) is 4.03. The molecule has 0 aromatic carbocycles. The quantitative estimate of drug-likeness (QED) is 0.182. The third-order valence-electron chi connectivity index (χ3n) is 4.03. The van der Waals surface area contributed by atoms with Gasteiger partial charge >= 0.3 is 0 Å². The Bertz CT molecular complexity index is 329. The van der Waals surface area contributed by atoms with Crippen LogP contribution in [0.25, 0.3) is 0 Å². The van der Waals surface area contributed by atoms with Crippen LogP contribution >= 0.6 is 24.0 Å². The van der Waals surface area contributed by atoms with Crippen molar-refractivity contribution < 1.29 is 14.2 Å². The predicted molar refractivity (Wildman–Crippen MR) is 113 cm³/mol. The van der Waals surface area contributed by atoms with Crippen LogP contribution < -0.4 is 10.6 Å². The van der Waals surface area contributed by atoms with Gasteiger partial charge in [0.2, 0.25) is 0 Å². The highest BCUT2D eigenvalue weighted by Crippen LogP contribution is 2.12. The fraction of sp³-hybridized carbons (Fsp3) is 0.941. The molecule has 0 amide bonds. The van der Waals surface area contributed by atoms with Gasteiger partial charge in [-0.25, -0.2) is 0 Å². The average molecular weight is 472 g/mol. The molecular formula is C17H37IN4O3. The SMILES string of the molecule is CN=C(NCCCOCC1CCOC1)NCCN(C)CCCOC.I. The fourth-order valence-electron chi connectivity index (χ4n) is 2.52. The van der Waals surface area contributed by atoms with E-state index in [-0.39, 0.29) is 24.0 Å². The highest BCUT2D eigenvalue weighted by molar-refractivity contribution is 14.0. The Morgan fingerprint density at radius 3 is 2.68 bits per heavy atom. The first-order valence-electron chi connectivity index (χ1n) is 9.03. The van der Waals surface area contributed by atoms with E-state index in [1.54, 1.807) is 14.2 Å². The maximum atomic E-state index is 5.70. The monoisotopic (exact) mass is 472 g/mol. The minimum absolute atomic E-state index is 0. The number of likely N-dealkylation sites (N-methyl/N-ethyl adjacent to an activating group) is 1. The van der Waals surface area contributed by atoms with Gasteiger partial charge < -0.3 is 29.7 Å². The number of aliphatic imine (C=N–C) groups is 1. The number of rotatable bonds is 13. The van der Waals surface area contributed by atoms with Gasteiger partial charge in [0.15, 0.2) is 5.96 Å². The fourth-order valence-corrected chi connectivity index (χ4v) is 2.52. The molecule has 0 bridgehead atoms. The summed E-state index contributed by atoms with van der Waals surface area (Å²) in [6.07, 6.45) is 3.17. The Morgan fingerprint density at radius 1 is 1.20 bits per heavy atom. The number of guanidine groups is 1. The van der Waals surface area contributed by atoms with Crippen LogP contribution in [-0.2, 0) is 14.2 Å². The van der Waals surface area contributed by atoms with Crippen molar-refractivity contribution in [2.45, 2.75) is 19.3 Å². The number of halogens is 1. The zero-order valence-corrected chi connectivity index (χ0v) is 18.4. The van der Waals surface area contributed by atoms with E-state index in [9.17, 15) is 0 Å². The molecule has 0 aromatic rings. The molecule has 2 N–H and O–H groups in total. The largest absolute Gasteiger partial charge is 0.385 e. The minimum atomic E-state index is 0. The Kier molecular flexibility index (Phi) is 17.2. The maximum Gasteiger partial charge on any atom is 0.191 e. The number of ether oxygens (including phenoxy) is 3. The van der Waals surface area contributed by atoms with Crippen LogP contribution in [0.3, 0.4) is 0 Å². The number of nitrogens with zero attached hydrogens (tertiary/aromatic N) is 2. The van der Waals surface area contributed by atoms with E-state index in [2.05, 4.69) is 27.6 Å². The van der Waals surface area contributed by atoms with Crippen LogP contribution in [0.2, 0.25) is 0 Å². The van der Waals surface area contributed by atoms with Crippen LogP contribution in [-0.4, -0.2) is 91.3 Å². The molecule has 1 unspecified atom stereocenters. The third kappa shape index (κ3) is 13.7. The molecule has 150 valence electrons. The molecule has 25 heavy (non-hydrogen) atoms. The van der Waals surface area contributed by atoms with E-state index >= 15 is 0 Å². The van der Waals surface area contributed by atoms with Crippen LogP contribution in [0.5, 0.6) is 0 Å². The van der Waals surface area contributed by atoms with E-state index in [1.807, 2.05) is 0 Å². The molecule has 8 heteroatoms. The summed E-state index contributed by atoms with van der Waals surface area (Å²) in [5, 5.41) is 6.65. The summed E-state index contributed by atoms with van der Waals surface area (Å²) in [5.41, 5.74) is 0. The first-order valence-corrected chi connectivity index (χ1v) is 9.03. The molecule has 1 atom stereocenters. The number of methoxy groups -OCH3 is 1. The van der Waals surface area contributed by atoms with Crippen molar-refractivity contribution in [3.05, 3.63) is 0 Å². The molecule has 0 aromatic heterocycles. The molecule has 0 saturated carbocycles. The van der Waals surface area contributed by atoms with Gasteiger partial charge in [0.05, 0.1) is 13.2 Å². The standard InChI is InChI=1S/C17H36N4O3.HI/c1-18-17(20-8-10-21(2)9-5-11-22-3)19-7-4-12-23-14-16-6-13-24-15-16;/h16H,4-15H2,1-3H3,(H2,18,19,20);1H. The smallest absolute Gasteiger partial charge is 0.191 e. The van der Waals surface area contributed by atoms with Gasteiger partial charge in [-0.1, -0.05) is 0 Å². The summed E-state index contributed by atoms with van der Waals surface area (Å²) in [6, 6.07) is 0. The summed E-state index contributed by atoms with van der Waals surface area (Å²) in [6.45, 7) is 7.93. The predicted octanol–water partition coefficient (Wildman–Crippen LogP) is 1.18. The second-order valence-electron chi connectivity index (χ2n) is 6.23. The van der Waals surface area contributed by atoms with Crippen LogP contribution in [0, 0.1) is 5.92 Å². The van der Waals surface area contributed by atoms with Crippen molar-refractivity contribution in [2.75, 3.05) is 80.4 Å². The molecule has 7 nitrogen and oxygen atoms in total. The van der Waals surface area contributed by atoms with Crippen molar-refractivity contribution in [2.24, 2.45) is 10.9 Å². The maximum absolute atomic E-state index is 5.70. The summed E-state index contributed by atoms with van der Waals surface area (Å²) in [7, 11) is 5.67. The van der Waals surface area contributed by atoms with Crippen molar-refractivity contribution in [1.82, 2.24) is 15.5 Å². The Hall–Kier alpha value is -0.160. The molecule has 0 radical (unpaired) electrons. The lowest BCUT2D eigenvalue weighted by atomic mass is 10.1. The van der Waals surface area contributed by atoms with Crippen LogP contribution in [0.4, 0.5) is 0 Å². The molecule has 1 saturated heterocycles. The Balaban J connectivity index is 0.00000576. The lowest BCUT2D eigenvalue weighted by Crippen LogP contribution is -2.41. The van der Waals surface area contributed by atoms with E-state index in [4.69, 9.17) is 14.2 Å². The van der Waals surface area contributed by atoms with Crippen LogP contribution in [0.15, 0.2) is 4.99 Å². The van der Waals surface area contributed by atoms with Crippen molar-refractivity contribution in [1.29, 1.82) is 0 Å². The average Bonchev–Trinajstić information content (AvgIpc) is 3.10. The van der Waals surface area contributed by atoms with Gasteiger partial charge in [-0.05, 0) is 26.3 Å². The minimum Gasteiger partial charge on any atom is -0.385 e. The molecule has 1 heterocycles. The number of nitrogens with one attached hydrogen (secondary N) is 2. The van der Waals surface area contributed by atoms with Crippen molar-refractivity contribution in [3.63, 3.8) is 0 Å². The first kappa shape index (κ1) is 24.8. The highest BCUT2D eigenvalue weighted by atomic mass is 127.